The highest BCUT2D eigenvalue weighted by Crippen LogP contribution is 2.23. The quantitative estimate of drug-likeness (QED) is 0.604. The summed E-state index contributed by atoms with van der Waals surface area (Å²) in [6.45, 7) is 7.37. The Kier molecular flexibility index (Phi) is 6.27. The van der Waals surface area contributed by atoms with Crippen molar-refractivity contribution in [3.8, 4) is 11.5 Å². The van der Waals surface area contributed by atoms with Crippen LogP contribution in [-0.4, -0.2) is 23.5 Å². The number of nitrogens with one attached hydrogen (secondary N) is 1. The van der Waals surface area contributed by atoms with Gasteiger partial charge in [0.05, 0.1) is 0 Å². The summed E-state index contributed by atoms with van der Waals surface area (Å²) in [6.07, 6.45) is 3.35. The average Bonchev–Trinajstić information content (AvgIpc) is 2.71. The molecule has 0 saturated heterocycles. The Bertz CT molecular complexity index is 891. The van der Waals surface area contributed by atoms with Crippen LogP contribution in [0.3, 0.4) is 0 Å². The van der Waals surface area contributed by atoms with E-state index in [0.717, 1.165) is 18.0 Å². The van der Waals surface area contributed by atoms with Crippen LogP contribution in [0.15, 0.2) is 73.1 Å². The number of pyridine rings is 1. The first-order valence-electron chi connectivity index (χ1n) is 9.43. The van der Waals surface area contributed by atoms with Crippen molar-refractivity contribution in [2.45, 2.75) is 26.8 Å². The minimum absolute atomic E-state index is 0.137. The van der Waals surface area contributed by atoms with E-state index in [1.54, 1.807) is 24.5 Å². The second-order valence-electron chi connectivity index (χ2n) is 6.69. The van der Waals surface area contributed by atoms with Gasteiger partial charge in [-0.3, -0.25) is 9.78 Å². The fourth-order valence-corrected chi connectivity index (χ4v) is 3.00. The molecule has 0 bridgehead atoms. The van der Waals surface area contributed by atoms with E-state index in [1.807, 2.05) is 48.5 Å². The number of ether oxygens (including phenoxy) is 1. The van der Waals surface area contributed by atoms with Crippen molar-refractivity contribution in [3.63, 3.8) is 0 Å². The van der Waals surface area contributed by atoms with Crippen molar-refractivity contribution in [1.29, 1.82) is 0 Å². The molecule has 2 aromatic carbocycles. The third-order valence-electron chi connectivity index (χ3n) is 4.42. The molecule has 0 fully saturated rings. The first-order valence-corrected chi connectivity index (χ1v) is 9.43. The van der Waals surface area contributed by atoms with Crippen LogP contribution in [0.5, 0.6) is 11.5 Å². The van der Waals surface area contributed by atoms with Gasteiger partial charge in [-0.25, -0.2) is 0 Å². The molecule has 1 N–H and O–H groups in total. The van der Waals surface area contributed by atoms with Crippen LogP contribution in [0.25, 0.3) is 0 Å². The molecule has 5 nitrogen and oxygen atoms in total. The molecule has 0 saturated carbocycles. The van der Waals surface area contributed by atoms with Crippen molar-refractivity contribution >= 4 is 17.3 Å². The summed E-state index contributed by atoms with van der Waals surface area (Å²) < 4.78 is 5.73. The first-order chi connectivity index (χ1) is 13.6. The van der Waals surface area contributed by atoms with E-state index < -0.39 is 0 Å². The Morgan fingerprint density at radius 2 is 1.57 bits per heavy atom. The molecule has 3 aromatic rings. The summed E-state index contributed by atoms with van der Waals surface area (Å²) in [6, 6.07) is 19.0. The van der Waals surface area contributed by atoms with Crippen molar-refractivity contribution in [2.24, 2.45) is 0 Å². The van der Waals surface area contributed by atoms with Gasteiger partial charge in [-0.1, -0.05) is 0 Å². The normalized spacial score (nSPS) is 10.6. The lowest BCUT2D eigenvalue weighted by Crippen LogP contribution is -2.30. The summed E-state index contributed by atoms with van der Waals surface area (Å²) in [7, 11) is 0. The van der Waals surface area contributed by atoms with Crippen LogP contribution >= 0.6 is 0 Å². The van der Waals surface area contributed by atoms with Crippen LogP contribution in [0, 0.1) is 0 Å². The summed E-state index contributed by atoms with van der Waals surface area (Å²) in [5.41, 5.74) is 2.46. The van der Waals surface area contributed by atoms with Crippen LogP contribution in [0.2, 0.25) is 0 Å². The topological polar surface area (TPSA) is 54.5 Å². The van der Waals surface area contributed by atoms with Crippen LogP contribution in [0.4, 0.5) is 11.4 Å². The summed E-state index contributed by atoms with van der Waals surface area (Å²) in [5.74, 6) is 1.28. The van der Waals surface area contributed by atoms with E-state index in [2.05, 4.69) is 36.0 Å². The molecule has 144 valence electrons. The van der Waals surface area contributed by atoms with Gasteiger partial charge in [0.25, 0.3) is 5.91 Å². The van der Waals surface area contributed by atoms with Gasteiger partial charge in [0.1, 0.15) is 11.5 Å². The lowest BCUT2D eigenvalue weighted by Gasteiger charge is -2.27. The minimum Gasteiger partial charge on any atom is -0.457 e. The van der Waals surface area contributed by atoms with Crippen molar-refractivity contribution in [2.75, 3.05) is 16.8 Å². The maximum atomic E-state index is 12.5. The SMILES string of the molecule is CCN(c1ccc(C(=O)Nc2ccc(Oc3ccncc3)cc2)cc1)C(C)C. The smallest absolute Gasteiger partial charge is 0.255 e. The Morgan fingerprint density at radius 3 is 2.14 bits per heavy atom. The van der Waals surface area contributed by atoms with E-state index in [1.165, 1.54) is 0 Å². The van der Waals surface area contributed by atoms with E-state index in [4.69, 9.17) is 4.74 Å². The molecule has 0 aliphatic rings. The number of benzene rings is 2. The molecular formula is C23H25N3O2. The van der Waals surface area contributed by atoms with E-state index >= 15 is 0 Å². The molecule has 0 radical (unpaired) electrons. The molecule has 3 rings (SSSR count). The van der Waals surface area contributed by atoms with Crippen molar-refractivity contribution in [3.05, 3.63) is 78.6 Å². The Labute approximate surface area is 166 Å². The molecular weight excluding hydrogens is 350 g/mol. The number of anilines is 2. The van der Waals surface area contributed by atoms with E-state index in [9.17, 15) is 4.79 Å². The van der Waals surface area contributed by atoms with Gasteiger partial charge in [0.2, 0.25) is 0 Å². The number of nitrogens with zero attached hydrogens (tertiary/aromatic N) is 2. The Hall–Kier alpha value is -3.34. The zero-order chi connectivity index (χ0) is 19.9. The monoisotopic (exact) mass is 375 g/mol. The number of hydrogen-bond donors (Lipinski definition) is 1. The van der Waals surface area contributed by atoms with Gasteiger partial charge < -0.3 is 15.0 Å². The number of hydrogen-bond acceptors (Lipinski definition) is 4. The zero-order valence-electron chi connectivity index (χ0n) is 16.4. The first kappa shape index (κ1) is 19.4. The Balaban J connectivity index is 1.62. The number of amides is 1. The van der Waals surface area contributed by atoms with Gasteiger partial charge in [0.15, 0.2) is 0 Å². The zero-order valence-corrected chi connectivity index (χ0v) is 16.4. The Morgan fingerprint density at radius 1 is 0.964 bits per heavy atom. The number of carbonyl (C=O) groups is 1. The number of aromatic nitrogens is 1. The fraction of sp³-hybridized carbons (Fsp3) is 0.217. The third kappa shape index (κ3) is 4.88. The van der Waals surface area contributed by atoms with Crippen LogP contribution < -0.4 is 15.0 Å². The highest BCUT2D eigenvalue weighted by molar-refractivity contribution is 6.04. The third-order valence-corrected chi connectivity index (χ3v) is 4.42. The van der Waals surface area contributed by atoms with Gasteiger partial charge in [0, 0.05) is 41.9 Å². The van der Waals surface area contributed by atoms with Gasteiger partial charge >= 0.3 is 0 Å². The van der Waals surface area contributed by atoms with Crippen molar-refractivity contribution < 1.29 is 9.53 Å². The predicted molar refractivity (Wildman–Crippen MR) is 113 cm³/mol. The molecule has 0 spiro atoms. The highest BCUT2D eigenvalue weighted by Gasteiger charge is 2.10. The molecule has 0 aliphatic carbocycles. The summed E-state index contributed by atoms with van der Waals surface area (Å²) in [4.78, 5) is 18.8. The van der Waals surface area contributed by atoms with E-state index in [-0.39, 0.29) is 5.91 Å². The molecule has 1 aromatic heterocycles. The van der Waals surface area contributed by atoms with E-state index in [0.29, 0.717) is 23.0 Å². The van der Waals surface area contributed by atoms with Gasteiger partial charge in [-0.15, -0.1) is 0 Å². The molecule has 0 atom stereocenters. The average molecular weight is 375 g/mol. The molecule has 1 amide bonds. The second kappa shape index (κ2) is 9.04. The molecule has 1 heterocycles. The lowest BCUT2D eigenvalue weighted by atomic mass is 10.1. The highest BCUT2D eigenvalue weighted by atomic mass is 16.5. The molecule has 0 aliphatic heterocycles. The molecule has 28 heavy (non-hydrogen) atoms. The molecule has 0 unspecified atom stereocenters. The maximum absolute atomic E-state index is 12.5. The summed E-state index contributed by atoms with van der Waals surface area (Å²) in [5, 5.41) is 2.92. The molecule has 5 heteroatoms. The minimum atomic E-state index is -0.137. The van der Waals surface area contributed by atoms with Gasteiger partial charge in [-0.05, 0) is 81.4 Å². The predicted octanol–water partition coefficient (Wildman–Crippen LogP) is 5.36. The largest absolute Gasteiger partial charge is 0.457 e. The maximum Gasteiger partial charge on any atom is 0.255 e. The standard InChI is InChI=1S/C23H25N3O2/c1-4-26(17(2)3)20-9-5-18(6-10-20)23(27)25-19-7-11-21(12-8-19)28-22-13-15-24-16-14-22/h5-17H,4H2,1-3H3,(H,25,27). The fourth-order valence-electron chi connectivity index (χ4n) is 3.00. The van der Waals surface area contributed by atoms with Crippen LogP contribution in [-0.2, 0) is 0 Å². The van der Waals surface area contributed by atoms with Gasteiger partial charge in [-0.2, -0.15) is 0 Å². The lowest BCUT2D eigenvalue weighted by molar-refractivity contribution is 0.102. The second-order valence-corrected chi connectivity index (χ2v) is 6.69. The number of rotatable bonds is 7. The number of carbonyl (C=O) groups excluding carboxylic acids is 1. The van der Waals surface area contributed by atoms with Crippen molar-refractivity contribution in [1.82, 2.24) is 4.98 Å². The van der Waals surface area contributed by atoms with Crippen LogP contribution in [0.1, 0.15) is 31.1 Å². The summed E-state index contributed by atoms with van der Waals surface area (Å²) >= 11 is 0.